The van der Waals surface area contributed by atoms with E-state index < -0.39 is 0 Å². The highest BCUT2D eigenvalue weighted by Gasteiger charge is 2.02. The summed E-state index contributed by atoms with van der Waals surface area (Å²) in [7, 11) is 0. The quantitative estimate of drug-likeness (QED) is 0.881. The lowest BCUT2D eigenvalue weighted by atomic mass is 10.3. The number of halogens is 1. The van der Waals surface area contributed by atoms with Crippen molar-refractivity contribution in [3.8, 4) is 0 Å². The maximum Gasteiger partial charge on any atom is 0.106 e. The van der Waals surface area contributed by atoms with Gasteiger partial charge < -0.3 is 5.32 Å². The molecule has 0 aliphatic rings. The first-order valence-electron chi connectivity index (χ1n) is 4.93. The predicted molar refractivity (Wildman–Crippen MR) is 70.9 cm³/mol. The van der Waals surface area contributed by atoms with E-state index in [1.807, 2.05) is 26.0 Å². The van der Waals surface area contributed by atoms with Crippen LogP contribution in [0.15, 0.2) is 22.1 Å². The third-order valence-electron chi connectivity index (χ3n) is 2.18. The molecule has 1 N–H and O–H groups in total. The molecule has 0 spiro atoms. The van der Waals surface area contributed by atoms with Gasteiger partial charge in [-0.2, -0.15) is 0 Å². The molecule has 2 aromatic heterocycles. The second kappa shape index (κ2) is 4.93. The van der Waals surface area contributed by atoms with E-state index >= 15 is 0 Å². The normalized spacial score (nSPS) is 10.4. The zero-order valence-corrected chi connectivity index (χ0v) is 11.5. The third-order valence-corrected chi connectivity index (χ3v) is 3.44. The molecule has 2 heterocycles. The van der Waals surface area contributed by atoms with Gasteiger partial charge in [0.25, 0.3) is 0 Å². The Morgan fingerprint density at radius 3 is 2.75 bits per heavy atom. The minimum absolute atomic E-state index is 0.745. The number of hydrogen-bond acceptors (Lipinski definition) is 4. The van der Waals surface area contributed by atoms with Crippen LogP contribution >= 0.6 is 27.3 Å². The number of aryl methyl sites for hydroxylation is 2. The van der Waals surface area contributed by atoms with Crippen molar-refractivity contribution in [2.75, 3.05) is 5.32 Å². The summed E-state index contributed by atoms with van der Waals surface area (Å²) in [5.74, 6) is 0. The summed E-state index contributed by atoms with van der Waals surface area (Å²) in [6.45, 7) is 4.74. The lowest BCUT2D eigenvalue weighted by Gasteiger charge is -2.07. The molecule has 0 bridgehead atoms. The van der Waals surface area contributed by atoms with Gasteiger partial charge in [-0.15, -0.1) is 11.3 Å². The Hall–Kier alpha value is -0.940. The van der Waals surface area contributed by atoms with Crippen LogP contribution in [-0.4, -0.2) is 9.97 Å². The Morgan fingerprint density at radius 2 is 2.12 bits per heavy atom. The van der Waals surface area contributed by atoms with Crippen molar-refractivity contribution in [3.05, 3.63) is 38.5 Å². The molecule has 0 fully saturated rings. The number of aromatic nitrogens is 2. The molecule has 0 saturated carbocycles. The number of rotatable bonds is 3. The summed E-state index contributed by atoms with van der Waals surface area (Å²) in [4.78, 5) is 8.73. The van der Waals surface area contributed by atoms with Gasteiger partial charge in [0.15, 0.2) is 0 Å². The molecule has 0 aromatic carbocycles. The molecule has 84 valence electrons. The first-order chi connectivity index (χ1) is 7.65. The second-order valence-corrected chi connectivity index (χ2v) is 5.35. The van der Waals surface area contributed by atoms with Crippen molar-refractivity contribution >= 4 is 33.0 Å². The lowest BCUT2D eigenvalue weighted by molar-refractivity contribution is 1.04. The average Bonchev–Trinajstić information content (AvgIpc) is 2.63. The van der Waals surface area contributed by atoms with E-state index in [9.17, 15) is 0 Å². The topological polar surface area (TPSA) is 37.8 Å². The van der Waals surface area contributed by atoms with E-state index in [2.05, 4.69) is 36.6 Å². The molecule has 0 radical (unpaired) electrons. The van der Waals surface area contributed by atoms with Crippen molar-refractivity contribution in [1.29, 1.82) is 0 Å². The largest absolute Gasteiger partial charge is 0.378 e. The van der Waals surface area contributed by atoms with E-state index in [4.69, 9.17) is 0 Å². The maximum atomic E-state index is 4.40. The van der Waals surface area contributed by atoms with Crippen LogP contribution in [0.3, 0.4) is 0 Å². The highest BCUT2D eigenvalue weighted by atomic mass is 79.9. The van der Waals surface area contributed by atoms with Gasteiger partial charge in [0.05, 0.1) is 28.6 Å². The fraction of sp³-hybridized carbons (Fsp3) is 0.273. The van der Waals surface area contributed by atoms with Gasteiger partial charge in [0.1, 0.15) is 4.60 Å². The number of nitrogens with zero attached hydrogens (tertiary/aromatic N) is 2. The molecule has 2 aromatic rings. The molecule has 2 rings (SSSR count). The number of nitrogens with one attached hydrogen (secondary N) is 1. The molecular weight excluding hydrogens is 286 g/mol. The van der Waals surface area contributed by atoms with Crippen molar-refractivity contribution in [2.45, 2.75) is 20.4 Å². The lowest BCUT2D eigenvalue weighted by Crippen LogP contribution is -2.02. The zero-order valence-electron chi connectivity index (χ0n) is 9.12. The highest BCUT2D eigenvalue weighted by Crippen LogP contribution is 2.17. The van der Waals surface area contributed by atoms with E-state index in [1.165, 1.54) is 0 Å². The number of pyridine rings is 1. The van der Waals surface area contributed by atoms with Crippen LogP contribution in [0.25, 0.3) is 0 Å². The first-order valence-corrected chi connectivity index (χ1v) is 6.60. The summed E-state index contributed by atoms with van der Waals surface area (Å²) in [6, 6.07) is 3.95. The number of anilines is 1. The van der Waals surface area contributed by atoms with Gasteiger partial charge in [0.2, 0.25) is 0 Å². The minimum Gasteiger partial charge on any atom is -0.378 e. The predicted octanol–water partition coefficient (Wildman–Crippen LogP) is 3.53. The molecule has 16 heavy (non-hydrogen) atoms. The average molecular weight is 298 g/mol. The van der Waals surface area contributed by atoms with Crippen molar-refractivity contribution in [2.24, 2.45) is 0 Å². The molecule has 0 amide bonds. The Labute approximate surface area is 107 Å². The van der Waals surface area contributed by atoms with Crippen LogP contribution in [-0.2, 0) is 6.54 Å². The van der Waals surface area contributed by atoms with Crippen LogP contribution in [0, 0.1) is 13.8 Å². The Balaban J connectivity index is 2.04. The summed E-state index contributed by atoms with van der Waals surface area (Å²) < 4.78 is 0.861. The monoisotopic (exact) mass is 297 g/mol. The summed E-state index contributed by atoms with van der Waals surface area (Å²) >= 11 is 5.02. The highest BCUT2D eigenvalue weighted by molar-refractivity contribution is 9.10. The van der Waals surface area contributed by atoms with E-state index in [0.717, 1.165) is 33.2 Å². The zero-order chi connectivity index (χ0) is 11.5. The standard InChI is InChI=1S/C11H12BrN3S/c1-7-10(3-4-11(12)14-7)13-5-9-6-16-8(2)15-9/h3-4,6,13H,5H2,1-2H3. The molecular formula is C11H12BrN3S. The molecule has 5 heteroatoms. The summed E-state index contributed by atoms with van der Waals surface area (Å²) in [6.07, 6.45) is 0. The molecule has 0 unspecified atom stereocenters. The third kappa shape index (κ3) is 2.80. The van der Waals surface area contributed by atoms with Gasteiger partial charge in [-0.25, -0.2) is 9.97 Å². The first kappa shape index (κ1) is 11.5. The smallest absolute Gasteiger partial charge is 0.106 e. The summed E-state index contributed by atoms with van der Waals surface area (Å²) in [5, 5.41) is 6.50. The van der Waals surface area contributed by atoms with Crippen LogP contribution in [0.4, 0.5) is 5.69 Å². The van der Waals surface area contributed by atoms with E-state index in [0.29, 0.717) is 0 Å². The fourth-order valence-corrected chi connectivity index (χ4v) is 2.40. The minimum atomic E-state index is 0.745. The van der Waals surface area contributed by atoms with E-state index in [-0.39, 0.29) is 0 Å². The van der Waals surface area contributed by atoms with Gasteiger partial charge in [0, 0.05) is 5.38 Å². The maximum absolute atomic E-state index is 4.40. The molecule has 0 atom stereocenters. The van der Waals surface area contributed by atoms with Crippen LogP contribution < -0.4 is 5.32 Å². The molecule has 3 nitrogen and oxygen atoms in total. The molecule has 0 saturated heterocycles. The van der Waals surface area contributed by atoms with Gasteiger partial charge in [-0.1, -0.05) is 0 Å². The fourth-order valence-electron chi connectivity index (χ4n) is 1.39. The van der Waals surface area contributed by atoms with Crippen LogP contribution in [0.2, 0.25) is 0 Å². The Morgan fingerprint density at radius 1 is 1.31 bits per heavy atom. The van der Waals surface area contributed by atoms with Gasteiger partial charge in [-0.3, -0.25) is 0 Å². The number of hydrogen-bond donors (Lipinski definition) is 1. The van der Waals surface area contributed by atoms with Crippen molar-refractivity contribution in [1.82, 2.24) is 9.97 Å². The summed E-state index contributed by atoms with van der Waals surface area (Å²) in [5.41, 5.74) is 3.11. The van der Waals surface area contributed by atoms with Crippen molar-refractivity contribution in [3.63, 3.8) is 0 Å². The SMILES string of the molecule is Cc1nc(CNc2ccc(Br)nc2C)cs1. The van der Waals surface area contributed by atoms with Crippen LogP contribution in [0.5, 0.6) is 0 Å². The Bertz CT molecular complexity index is 496. The van der Waals surface area contributed by atoms with Gasteiger partial charge in [-0.05, 0) is 41.9 Å². The van der Waals surface area contributed by atoms with Gasteiger partial charge >= 0.3 is 0 Å². The Kier molecular flexibility index (Phi) is 3.56. The van der Waals surface area contributed by atoms with Crippen LogP contribution in [0.1, 0.15) is 16.4 Å². The second-order valence-electron chi connectivity index (χ2n) is 3.48. The molecule has 0 aliphatic heterocycles. The van der Waals surface area contributed by atoms with Crippen molar-refractivity contribution < 1.29 is 0 Å². The van der Waals surface area contributed by atoms with E-state index in [1.54, 1.807) is 11.3 Å². The molecule has 0 aliphatic carbocycles. The number of thiazole rings is 1.